The van der Waals surface area contributed by atoms with E-state index in [-0.39, 0.29) is 17.9 Å². The zero-order chi connectivity index (χ0) is 14.5. The highest BCUT2D eigenvalue weighted by atomic mass is 19.1. The van der Waals surface area contributed by atoms with Gasteiger partial charge in [0.2, 0.25) is 0 Å². The molecule has 2 N–H and O–H groups in total. The van der Waals surface area contributed by atoms with Crippen LogP contribution in [0.1, 0.15) is 15.9 Å². The van der Waals surface area contributed by atoms with Crippen LogP contribution in [0.3, 0.4) is 0 Å². The number of aromatic nitrogens is 2. The molecule has 0 fully saturated rings. The third-order valence-electron chi connectivity index (χ3n) is 2.58. The summed E-state index contributed by atoms with van der Waals surface area (Å²) in [6, 6.07) is 4.56. The highest BCUT2D eigenvalue weighted by molar-refractivity contribution is 5.92. The van der Waals surface area contributed by atoms with Crippen LogP contribution in [-0.2, 0) is 6.42 Å². The minimum Gasteiger partial charge on any atom is -0.478 e. The molecule has 1 aromatic heterocycles. The van der Waals surface area contributed by atoms with Crippen molar-refractivity contribution in [2.75, 3.05) is 11.9 Å². The Morgan fingerprint density at radius 3 is 2.60 bits per heavy atom. The summed E-state index contributed by atoms with van der Waals surface area (Å²) in [5, 5.41) is 19.0. The number of nitrogens with one attached hydrogen (secondary N) is 1. The summed E-state index contributed by atoms with van der Waals surface area (Å²) in [4.78, 5) is 10.9. The third kappa shape index (κ3) is 3.47. The molecule has 104 valence electrons. The van der Waals surface area contributed by atoms with E-state index in [0.29, 0.717) is 12.0 Å². The van der Waals surface area contributed by atoms with Crippen molar-refractivity contribution in [1.29, 1.82) is 0 Å². The van der Waals surface area contributed by atoms with E-state index in [0.717, 1.165) is 6.07 Å². The maximum Gasteiger partial charge on any atom is 0.339 e. The van der Waals surface area contributed by atoms with Crippen LogP contribution >= 0.6 is 0 Å². The molecule has 1 aromatic carbocycles. The van der Waals surface area contributed by atoms with Crippen molar-refractivity contribution in [2.45, 2.75) is 6.42 Å². The molecule has 0 radical (unpaired) electrons. The van der Waals surface area contributed by atoms with Crippen LogP contribution in [0.15, 0.2) is 30.5 Å². The van der Waals surface area contributed by atoms with Crippen LogP contribution < -0.4 is 5.32 Å². The quantitative estimate of drug-likeness (QED) is 0.876. The van der Waals surface area contributed by atoms with Gasteiger partial charge in [-0.3, -0.25) is 0 Å². The van der Waals surface area contributed by atoms with Crippen LogP contribution in [0.5, 0.6) is 0 Å². The zero-order valence-electron chi connectivity index (χ0n) is 10.3. The minimum atomic E-state index is -1.13. The monoisotopic (exact) mass is 279 g/mol. The first kappa shape index (κ1) is 13.9. The largest absolute Gasteiger partial charge is 0.478 e. The van der Waals surface area contributed by atoms with Gasteiger partial charge in [-0.1, -0.05) is 0 Å². The van der Waals surface area contributed by atoms with Crippen molar-refractivity contribution >= 4 is 11.8 Å². The number of nitrogens with zero attached hydrogens (tertiary/aromatic N) is 2. The van der Waals surface area contributed by atoms with E-state index in [1.165, 1.54) is 24.4 Å². The number of halogens is 2. The van der Waals surface area contributed by atoms with Crippen molar-refractivity contribution in [1.82, 2.24) is 10.2 Å². The lowest BCUT2D eigenvalue weighted by molar-refractivity contribution is 0.0697. The van der Waals surface area contributed by atoms with E-state index in [1.54, 1.807) is 0 Å². The fourth-order valence-corrected chi connectivity index (χ4v) is 1.72. The molecule has 0 amide bonds. The van der Waals surface area contributed by atoms with E-state index >= 15 is 0 Å². The zero-order valence-corrected chi connectivity index (χ0v) is 10.3. The number of rotatable bonds is 5. The van der Waals surface area contributed by atoms with Crippen molar-refractivity contribution in [3.63, 3.8) is 0 Å². The number of hydrogen-bond acceptors (Lipinski definition) is 4. The van der Waals surface area contributed by atoms with Crippen LogP contribution in [-0.4, -0.2) is 27.8 Å². The van der Waals surface area contributed by atoms with Gasteiger partial charge in [0.15, 0.2) is 5.82 Å². The molecule has 0 unspecified atom stereocenters. The average molecular weight is 279 g/mol. The molecular weight excluding hydrogens is 268 g/mol. The van der Waals surface area contributed by atoms with Gasteiger partial charge in [0.25, 0.3) is 0 Å². The molecule has 0 saturated carbocycles. The summed E-state index contributed by atoms with van der Waals surface area (Å²) in [5.74, 6) is -2.30. The second-order valence-electron chi connectivity index (χ2n) is 4.05. The number of benzene rings is 1. The predicted molar refractivity (Wildman–Crippen MR) is 67.5 cm³/mol. The van der Waals surface area contributed by atoms with Gasteiger partial charge in [-0.25, -0.2) is 13.6 Å². The fourth-order valence-electron chi connectivity index (χ4n) is 1.72. The van der Waals surface area contributed by atoms with Gasteiger partial charge in [-0.15, -0.1) is 5.10 Å². The number of hydrogen-bond donors (Lipinski definition) is 2. The summed E-state index contributed by atoms with van der Waals surface area (Å²) in [6.07, 6.45) is 1.60. The number of carbonyl (C=O) groups is 1. The molecule has 7 heteroatoms. The normalized spacial score (nSPS) is 10.3. The molecule has 0 spiro atoms. The van der Waals surface area contributed by atoms with E-state index in [4.69, 9.17) is 5.11 Å². The van der Waals surface area contributed by atoms with E-state index in [2.05, 4.69) is 15.5 Å². The molecule has 2 rings (SSSR count). The van der Waals surface area contributed by atoms with Gasteiger partial charge in [-0.05, 0) is 30.2 Å². The Hall–Kier alpha value is -2.57. The Bertz CT molecular complexity index is 615. The van der Waals surface area contributed by atoms with Gasteiger partial charge >= 0.3 is 5.97 Å². The SMILES string of the molecule is O=C(O)c1ccnnc1NCCc1cc(F)cc(F)c1. The molecule has 5 nitrogen and oxygen atoms in total. The Kier molecular flexibility index (Phi) is 4.19. The number of anilines is 1. The van der Waals surface area contributed by atoms with Gasteiger partial charge in [0.1, 0.15) is 17.2 Å². The average Bonchev–Trinajstić information content (AvgIpc) is 2.38. The van der Waals surface area contributed by atoms with Gasteiger partial charge in [0.05, 0.1) is 6.20 Å². The van der Waals surface area contributed by atoms with Gasteiger partial charge in [-0.2, -0.15) is 5.10 Å². The number of aromatic carboxylic acids is 1. The molecule has 0 atom stereocenters. The predicted octanol–water partition coefficient (Wildman–Crippen LogP) is 2.11. The Labute approximate surface area is 113 Å². The summed E-state index contributed by atoms with van der Waals surface area (Å²) in [6.45, 7) is 0.280. The highest BCUT2D eigenvalue weighted by Crippen LogP contribution is 2.11. The first-order valence-electron chi connectivity index (χ1n) is 5.80. The molecule has 2 aromatic rings. The number of carboxylic acid groups (broad SMARTS) is 1. The van der Waals surface area contributed by atoms with Crippen LogP contribution in [0.25, 0.3) is 0 Å². The maximum absolute atomic E-state index is 13.0. The minimum absolute atomic E-state index is 0.00887. The molecule has 0 aliphatic rings. The standard InChI is InChI=1S/C13H11F2N3O2/c14-9-5-8(6-10(15)7-9)1-3-16-12-11(13(19)20)2-4-17-18-12/h2,4-7H,1,3H2,(H,16,18)(H,19,20). The van der Waals surface area contributed by atoms with Crippen molar-refractivity contribution in [2.24, 2.45) is 0 Å². The second kappa shape index (κ2) is 6.05. The fraction of sp³-hybridized carbons (Fsp3) is 0.154. The Morgan fingerprint density at radius 1 is 1.25 bits per heavy atom. The lowest BCUT2D eigenvalue weighted by Gasteiger charge is -2.07. The summed E-state index contributed by atoms with van der Waals surface area (Å²) >= 11 is 0. The topological polar surface area (TPSA) is 75.1 Å². The van der Waals surface area contributed by atoms with Crippen LogP contribution in [0.2, 0.25) is 0 Å². The second-order valence-corrected chi connectivity index (χ2v) is 4.05. The van der Waals surface area contributed by atoms with Crippen molar-refractivity contribution in [3.05, 3.63) is 53.2 Å². The van der Waals surface area contributed by atoms with Crippen LogP contribution in [0, 0.1) is 11.6 Å². The molecule has 20 heavy (non-hydrogen) atoms. The summed E-state index contributed by atoms with van der Waals surface area (Å²) < 4.78 is 26.0. The molecule has 0 bridgehead atoms. The molecule has 0 saturated heterocycles. The first-order valence-corrected chi connectivity index (χ1v) is 5.80. The van der Waals surface area contributed by atoms with Gasteiger partial charge in [0, 0.05) is 12.6 Å². The van der Waals surface area contributed by atoms with Crippen LogP contribution in [0.4, 0.5) is 14.6 Å². The Balaban J connectivity index is 2.01. The first-order chi connectivity index (χ1) is 9.56. The van der Waals surface area contributed by atoms with E-state index < -0.39 is 17.6 Å². The van der Waals surface area contributed by atoms with Gasteiger partial charge < -0.3 is 10.4 Å². The number of carboxylic acids is 1. The van der Waals surface area contributed by atoms with E-state index in [9.17, 15) is 13.6 Å². The third-order valence-corrected chi connectivity index (χ3v) is 2.58. The highest BCUT2D eigenvalue weighted by Gasteiger charge is 2.10. The summed E-state index contributed by atoms with van der Waals surface area (Å²) in [5.41, 5.74) is 0.459. The molecule has 1 heterocycles. The lowest BCUT2D eigenvalue weighted by atomic mass is 10.1. The van der Waals surface area contributed by atoms with E-state index in [1.807, 2.05) is 0 Å². The van der Waals surface area contributed by atoms with Crippen molar-refractivity contribution in [3.8, 4) is 0 Å². The van der Waals surface area contributed by atoms with Crippen molar-refractivity contribution < 1.29 is 18.7 Å². The lowest BCUT2D eigenvalue weighted by Crippen LogP contribution is -2.12. The molecular formula is C13H11F2N3O2. The maximum atomic E-state index is 13.0. The molecule has 0 aliphatic heterocycles. The Morgan fingerprint density at radius 2 is 1.95 bits per heavy atom. The molecule has 0 aliphatic carbocycles. The smallest absolute Gasteiger partial charge is 0.339 e. The summed E-state index contributed by atoms with van der Waals surface area (Å²) in [7, 11) is 0.